The predicted molar refractivity (Wildman–Crippen MR) is 118 cm³/mol. The van der Waals surface area contributed by atoms with Gasteiger partial charge in [0.1, 0.15) is 21.7 Å². The Labute approximate surface area is 180 Å². The number of fused-ring (bicyclic) bond motifs is 1. The Bertz CT molecular complexity index is 1310. The van der Waals surface area contributed by atoms with Gasteiger partial charge in [-0.3, -0.25) is 14.6 Å². The van der Waals surface area contributed by atoms with Crippen LogP contribution in [-0.2, 0) is 0 Å². The Kier molecular flexibility index (Phi) is 4.95. The van der Waals surface area contributed by atoms with Gasteiger partial charge in [-0.1, -0.05) is 18.2 Å². The Morgan fingerprint density at radius 1 is 1.06 bits per heavy atom. The van der Waals surface area contributed by atoms with Crippen molar-refractivity contribution in [2.45, 2.75) is 0 Å². The molecular formula is C22H18FN5O2S. The van der Waals surface area contributed by atoms with E-state index in [2.05, 4.69) is 15.0 Å². The molecule has 0 aliphatic carbocycles. The van der Waals surface area contributed by atoms with Crippen molar-refractivity contribution in [1.29, 1.82) is 0 Å². The quantitative estimate of drug-likeness (QED) is 0.535. The van der Waals surface area contributed by atoms with Gasteiger partial charge in [0.05, 0.1) is 11.3 Å². The fourth-order valence-electron chi connectivity index (χ4n) is 3.73. The summed E-state index contributed by atoms with van der Waals surface area (Å²) < 4.78 is 14.5. The number of para-hydroxylation sites is 1. The molecule has 0 saturated carbocycles. The third kappa shape index (κ3) is 3.57. The van der Waals surface area contributed by atoms with Gasteiger partial charge in [0.25, 0.3) is 11.5 Å². The first-order valence-electron chi connectivity index (χ1n) is 9.83. The number of rotatable bonds is 3. The van der Waals surface area contributed by atoms with Crippen LogP contribution in [0.5, 0.6) is 0 Å². The summed E-state index contributed by atoms with van der Waals surface area (Å²) in [6.45, 7) is 1.98. The molecule has 0 radical (unpaired) electrons. The highest BCUT2D eigenvalue weighted by Gasteiger charge is 2.26. The molecule has 1 aliphatic heterocycles. The van der Waals surface area contributed by atoms with Gasteiger partial charge in [-0.25, -0.2) is 9.37 Å². The maximum atomic E-state index is 14.1. The van der Waals surface area contributed by atoms with E-state index >= 15 is 0 Å². The van der Waals surface area contributed by atoms with Crippen molar-refractivity contribution in [1.82, 2.24) is 19.9 Å². The maximum absolute atomic E-state index is 14.1. The maximum Gasteiger partial charge on any atom is 0.269 e. The van der Waals surface area contributed by atoms with Crippen molar-refractivity contribution in [2.24, 2.45) is 0 Å². The fourth-order valence-corrected chi connectivity index (χ4v) is 4.61. The number of halogens is 1. The van der Waals surface area contributed by atoms with E-state index in [1.165, 1.54) is 17.4 Å². The normalized spacial score (nSPS) is 14.2. The molecule has 4 heterocycles. The summed E-state index contributed by atoms with van der Waals surface area (Å²) >= 11 is 1.20. The Morgan fingerprint density at radius 3 is 2.58 bits per heavy atom. The van der Waals surface area contributed by atoms with Gasteiger partial charge in [-0.15, -0.1) is 11.3 Å². The number of aromatic amines is 1. The zero-order chi connectivity index (χ0) is 21.4. The van der Waals surface area contributed by atoms with Gasteiger partial charge in [0.2, 0.25) is 0 Å². The summed E-state index contributed by atoms with van der Waals surface area (Å²) in [7, 11) is 0. The van der Waals surface area contributed by atoms with Crippen LogP contribution in [-0.4, -0.2) is 51.9 Å². The standard InChI is InChI=1S/C22H18FN5O2S/c23-15-5-1-2-7-17(15)27-9-11-28(12-10-27)22(30)14-13-31-19-18(14)25-20(26-21(19)29)16-6-3-4-8-24-16/h1-8,13H,9-12H2,(H,25,26,29). The molecule has 3 aromatic heterocycles. The van der Waals surface area contributed by atoms with Crippen LogP contribution in [0.3, 0.4) is 0 Å². The van der Waals surface area contributed by atoms with Crippen LogP contribution in [0.4, 0.5) is 10.1 Å². The highest BCUT2D eigenvalue weighted by Crippen LogP contribution is 2.26. The van der Waals surface area contributed by atoms with E-state index in [0.717, 1.165) is 0 Å². The third-order valence-electron chi connectivity index (χ3n) is 5.32. The first-order chi connectivity index (χ1) is 15.1. The Balaban J connectivity index is 1.41. The van der Waals surface area contributed by atoms with E-state index in [1.807, 2.05) is 4.90 Å². The number of hydrogen-bond donors (Lipinski definition) is 1. The lowest BCUT2D eigenvalue weighted by atomic mass is 10.2. The molecule has 1 aromatic carbocycles. The highest BCUT2D eigenvalue weighted by atomic mass is 32.1. The number of carbonyl (C=O) groups is 1. The molecule has 1 saturated heterocycles. The molecule has 31 heavy (non-hydrogen) atoms. The van der Waals surface area contributed by atoms with E-state index in [0.29, 0.717) is 59.2 Å². The molecule has 4 aromatic rings. The van der Waals surface area contributed by atoms with Crippen LogP contribution in [0.2, 0.25) is 0 Å². The molecule has 1 amide bonds. The van der Waals surface area contributed by atoms with Crippen molar-refractivity contribution < 1.29 is 9.18 Å². The molecule has 1 N–H and O–H groups in total. The number of H-pyrrole nitrogens is 1. The Hall–Kier alpha value is -3.59. The summed E-state index contributed by atoms with van der Waals surface area (Å²) in [4.78, 5) is 40.9. The van der Waals surface area contributed by atoms with Gasteiger partial charge in [-0.2, -0.15) is 0 Å². The molecule has 0 spiro atoms. The minimum absolute atomic E-state index is 0.176. The van der Waals surface area contributed by atoms with Crippen molar-refractivity contribution in [2.75, 3.05) is 31.1 Å². The fraction of sp³-hybridized carbons (Fsp3) is 0.182. The van der Waals surface area contributed by atoms with Crippen molar-refractivity contribution in [3.8, 4) is 11.5 Å². The van der Waals surface area contributed by atoms with E-state index in [4.69, 9.17) is 0 Å². The number of piperazine rings is 1. The van der Waals surface area contributed by atoms with Gasteiger partial charge in [0, 0.05) is 37.8 Å². The number of nitrogens with zero attached hydrogens (tertiary/aromatic N) is 4. The summed E-state index contributed by atoms with van der Waals surface area (Å²) in [5.41, 5.74) is 1.58. The Morgan fingerprint density at radius 2 is 1.84 bits per heavy atom. The van der Waals surface area contributed by atoms with Crippen molar-refractivity contribution in [3.05, 3.63) is 75.8 Å². The largest absolute Gasteiger partial charge is 0.366 e. The molecule has 156 valence electrons. The van der Waals surface area contributed by atoms with Crippen molar-refractivity contribution >= 4 is 33.1 Å². The number of aromatic nitrogens is 3. The minimum Gasteiger partial charge on any atom is -0.366 e. The lowest BCUT2D eigenvalue weighted by Crippen LogP contribution is -2.49. The SMILES string of the molecule is O=C(c1csc2c(=O)[nH]c(-c3ccccn3)nc12)N1CCN(c2ccccc2F)CC1. The number of benzene rings is 1. The minimum atomic E-state index is -0.293. The number of nitrogens with one attached hydrogen (secondary N) is 1. The molecule has 1 fully saturated rings. The molecule has 0 unspecified atom stereocenters. The van der Waals surface area contributed by atoms with Gasteiger partial charge in [0.15, 0.2) is 5.82 Å². The topological polar surface area (TPSA) is 82.2 Å². The van der Waals surface area contributed by atoms with Gasteiger partial charge < -0.3 is 14.8 Å². The van der Waals surface area contributed by atoms with E-state index < -0.39 is 0 Å². The van der Waals surface area contributed by atoms with E-state index in [9.17, 15) is 14.0 Å². The average Bonchev–Trinajstić information content (AvgIpc) is 3.24. The second-order valence-electron chi connectivity index (χ2n) is 7.19. The second kappa shape index (κ2) is 7.92. The molecule has 5 rings (SSSR count). The number of carbonyl (C=O) groups excluding carboxylic acids is 1. The summed E-state index contributed by atoms with van der Waals surface area (Å²) in [6.07, 6.45) is 1.62. The number of amides is 1. The first-order valence-corrected chi connectivity index (χ1v) is 10.7. The van der Waals surface area contributed by atoms with Crippen LogP contribution in [0, 0.1) is 5.82 Å². The van der Waals surface area contributed by atoms with Crippen LogP contribution >= 0.6 is 11.3 Å². The molecule has 0 bridgehead atoms. The molecule has 0 atom stereocenters. The van der Waals surface area contributed by atoms with Crippen LogP contribution < -0.4 is 10.5 Å². The molecular weight excluding hydrogens is 417 g/mol. The van der Waals surface area contributed by atoms with Gasteiger partial charge >= 0.3 is 0 Å². The molecule has 1 aliphatic rings. The zero-order valence-corrected chi connectivity index (χ0v) is 17.2. The highest BCUT2D eigenvalue weighted by molar-refractivity contribution is 7.17. The number of hydrogen-bond acceptors (Lipinski definition) is 6. The second-order valence-corrected chi connectivity index (χ2v) is 8.07. The van der Waals surface area contributed by atoms with E-state index in [1.54, 1.807) is 52.9 Å². The van der Waals surface area contributed by atoms with Crippen molar-refractivity contribution in [3.63, 3.8) is 0 Å². The number of thiophene rings is 1. The monoisotopic (exact) mass is 435 g/mol. The zero-order valence-electron chi connectivity index (χ0n) is 16.4. The number of anilines is 1. The average molecular weight is 435 g/mol. The predicted octanol–water partition coefficient (Wildman–Crippen LogP) is 3.15. The third-order valence-corrected chi connectivity index (χ3v) is 6.29. The van der Waals surface area contributed by atoms with Crippen LogP contribution in [0.15, 0.2) is 58.8 Å². The van der Waals surface area contributed by atoms with Crippen LogP contribution in [0.25, 0.3) is 21.7 Å². The summed E-state index contributed by atoms with van der Waals surface area (Å²) in [5.74, 6) is -0.115. The summed E-state index contributed by atoms with van der Waals surface area (Å²) in [5, 5.41) is 1.68. The summed E-state index contributed by atoms with van der Waals surface area (Å²) in [6, 6.07) is 12.0. The molecule has 9 heteroatoms. The smallest absolute Gasteiger partial charge is 0.269 e. The molecule has 7 nitrogen and oxygen atoms in total. The number of pyridine rings is 1. The lowest BCUT2D eigenvalue weighted by molar-refractivity contribution is 0.0749. The van der Waals surface area contributed by atoms with Crippen LogP contribution in [0.1, 0.15) is 10.4 Å². The van der Waals surface area contributed by atoms with Gasteiger partial charge in [-0.05, 0) is 24.3 Å². The lowest BCUT2D eigenvalue weighted by Gasteiger charge is -2.36. The first kappa shape index (κ1) is 19.4. The van der Waals surface area contributed by atoms with E-state index in [-0.39, 0.29) is 17.3 Å².